The third-order valence-electron chi connectivity index (χ3n) is 1.57. The highest BCUT2D eigenvalue weighted by atomic mass is 15.8. The van der Waals surface area contributed by atoms with Crippen LogP contribution in [0.1, 0.15) is 0 Å². The number of allylic oxidation sites excluding steroid dienone is 2. The number of hydrogen-bond acceptors (Lipinski definition) is 4. The van der Waals surface area contributed by atoms with E-state index in [-0.39, 0.29) is 6.17 Å². The molecule has 0 N–H and O–H groups in total. The molecule has 0 aromatic heterocycles. The molecule has 0 spiro atoms. The Balaban J connectivity index is 2.26. The molecule has 1 unspecified atom stereocenters. The number of likely N-dealkylation sites (N-methyl/N-ethyl adjacent to an activating group) is 1. The minimum atomic E-state index is 0.199. The number of hydrogen-bond donors (Lipinski definition) is 0. The van der Waals surface area contributed by atoms with Crippen LogP contribution < -0.4 is 0 Å². The fourth-order valence-corrected chi connectivity index (χ4v) is 1.02. The van der Waals surface area contributed by atoms with Gasteiger partial charge in [-0.15, -0.1) is 0 Å². The van der Waals surface area contributed by atoms with Gasteiger partial charge in [0.05, 0.1) is 0 Å². The summed E-state index contributed by atoms with van der Waals surface area (Å²) in [6.07, 6.45) is 8.07. The highest BCUT2D eigenvalue weighted by Crippen LogP contribution is 2.18. The predicted octanol–water partition coefficient (Wildman–Crippen LogP) is 0.926. The molecule has 52 valence electrons. The number of nitrogens with zero attached hydrogens (tertiary/aromatic N) is 4. The van der Waals surface area contributed by atoms with Gasteiger partial charge in [0, 0.05) is 13.2 Å². The van der Waals surface area contributed by atoms with Gasteiger partial charge in [-0.3, -0.25) is 5.01 Å². The molecule has 2 rings (SSSR count). The maximum atomic E-state index is 3.88. The van der Waals surface area contributed by atoms with Crippen LogP contribution in [0.3, 0.4) is 0 Å². The van der Waals surface area contributed by atoms with E-state index >= 15 is 0 Å². The lowest BCUT2D eigenvalue weighted by Gasteiger charge is -2.21. The summed E-state index contributed by atoms with van der Waals surface area (Å²) < 4.78 is 0. The molecule has 0 bridgehead atoms. The van der Waals surface area contributed by atoms with Crippen LogP contribution in [-0.2, 0) is 0 Å². The lowest BCUT2D eigenvalue weighted by molar-refractivity contribution is 0.220. The summed E-state index contributed by atoms with van der Waals surface area (Å²) in [7, 11) is 1.90. The Morgan fingerprint density at radius 1 is 1.30 bits per heavy atom. The SMILES string of the molecule is CN1N=NN2C=CC=CC12. The first kappa shape index (κ1) is 5.46. The van der Waals surface area contributed by atoms with E-state index in [0.29, 0.717) is 0 Å². The average Bonchev–Trinajstić information content (AvgIpc) is 2.34. The fourth-order valence-electron chi connectivity index (χ4n) is 1.02. The second-order valence-corrected chi connectivity index (χ2v) is 2.27. The molecule has 0 aromatic rings. The van der Waals surface area contributed by atoms with Crippen LogP contribution in [-0.4, -0.2) is 23.2 Å². The van der Waals surface area contributed by atoms with Gasteiger partial charge in [-0.1, -0.05) is 11.3 Å². The van der Waals surface area contributed by atoms with Crippen LogP contribution in [0.2, 0.25) is 0 Å². The molecule has 10 heavy (non-hydrogen) atoms. The third kappa shape index (κ3) is 0.618. The van der Waals surface area contributed by atoms with Crippen molar-refractivity contribution in [3.8, 4) is 0 Å². The summed E-state index contributed by atoms with van der Waals surface area (Å²) in [6.45, 7) is 0. The van der Waals surface area contributed by atoms with E-state index in [0.717, 1.165) is 0 Å². The molecular formula is C6H8N4. The highest BCUT2D eigenvalue weighted by Gasteiger charge is 2.23. The minimum absolute atomic E-state index is 0.199. The van der Waals surface area contributed by atoms with Crippen LogP contribution >= 0.6 is 0 Å². The summed E-state index contributed by atoms with van der Waals surface area (Å²) in [5.41, 5.74) is 0. The van der Waals surface area contributed by atoms with Crippen molar-refractivity contribution < 1.29 is 0 Å². The van der Waals surface area contributed by atoms with Crippen molar-refractivity contribution in [2.45, 2.75) is 6.17 Å². The molecule has 4 nitrogen and oxygen atoms in total. The Bertz CT molecular complexity index is 218. The Morgan fingerprint density at radius 3 is 3.00 bits per heavy atom. The molecule has 4 heteroatoms. The van der Waals surface area contributed by atoms with Crippen molar-refractivity contribution in [1.82, 2.24) is 10.0 Å². The maximum absolute atomic E-state index is 3.88. The third-order valence-corrected chi connectivity index (χ3v) is 1.57. The van der Waals surface area contributed by atoms with Crippen LogP contribution in [0, 0.1) is 0 Å². The van der Waals surface area contributed by atoms with Crippen LogP contribution in [0.25, 0.3) is 0 Å². The average molecular weight is 136 g/mol. The molecular weight excluding hydrogens is 128 g/mol. The van der Waals surface area contributed by atoms with E-state index in [1.165, 1.54) is 0 Å². The summed E-state index contributed by atoms with van der Waals surface area (Å²) >= 11 is 0. The van der Waals surface area contributed by atoms with Crippen LogP contribution in [0.15, 0.2) is 34.9 Å². The van der Waals surface area contributed by atoms with E-state index in [1.807, 2.05) is 31.5 Å². The summed E-state index contributed by atoms with van der Waals surface area (Å²) in [4.78, 5) is 0. The normalized spacial score (nSPS) is 27.9. The zero-order chi connectivity index (χ0) is 6.97. The van der Waals surface area contributed by atoms with Gasteiger partial charge in [-0.2, -0.15) is 0 Å². The molecule has 2 heterocycles. The van der Waals surface area contributed by atoms with Gasteiger partial charge in [-0.05, 0) is 17.4 Å². The van der Waals surface area contributed by atoms with Gasteiger partial charge in [0.15, 0.2) is 6.17 Å². The summed E-state index contributed by atoms with van der Waals surface area (Å²) in [5.74, 6) is 0. The highest BCUT2D eigenvalue weighted by molar-refractivity contribution is 5.12. The molecule has 0 radical (unpaired) electrons. The second kappa shape index (κ2) is 1.83. The molecule has 0 aromatic carbocycles. The Labute approximate surface area is 59.1 Å². The quantitative estimate of drug-likeness (QED) is 0.496. The van der Waals surface area contributed by atoms with Gasteiger partial charge in [0.1, 0.15) is 0 Å². The topological polar surface area (TPSA) is 31.2 Å². The van der Waals surface area contributed by atoms with Crippen molar-refractivity contribution in [3.63, 3.8) is 0 Å². The van der Waals surface area contributed by atoms with E-state index in [2.05, 4.69) is 10.4 Å². The molecule has 0 saturated heterocycles. The summed E-state index contributed by atoms with van der Waals surface area (Å²) in [5, 5.41) is 11.4. The van der Waals surface area contributed by atoms with E-state index < -0.39 is 0 Å². The van der Waals surface area contributed by atoms with Gasteiger partial charge in [0.2, 0.25) is 0 Å². The first-order valence-electron chi connectivity index (χ1n) is 3.16. The van der Waals surface area contributed by atoms with Gasteiger partial charge >= 0.3 is 0 Å². The monoisotopic (exact) mass is 136 g/mol. The Morgan fingerprint density at radius 2 is 2.20 bits per heavy atom. The first-order valence-corrected chi connectivity index (χ1v) is 3.16. The molecule has 0 saturated carbocycles. The fraction of sp³-hybridized carbons (Fsp3) is 0.333. The lowest BCUT2D eigenvalue weighted by Crippen LogP contribution is -2.32. The number of fused-ring (bicyclic) bond motifs is 1. The Kier molecular flexibility index (Phi) is 1.00. The van der Waals surface area contributed by atoms with E-state index in [4.69, 9.17) is 0 Å². The van der Waals surface area contributed by atoms with Crippen LogP contribution in [0.5, 0.6) is 0 Å². The lowest BCUT2D eigenvalue weighted by atomic mass is 10.3. The molecule has 0 fully saturated rings. The summed E-state index contributed by atoms with van der Waals surface area (Å²) in [6, 6.07) is 0. The van der Waals surface area contributed by atoms with Crippen molar-refractivity contribution >= 4 is 0 Å². The van der Waals surface area contributed by atoms with E-state index in [1.54, 1.807) is 10.0 Å². The molecule has 0 aliphatic carbocycles. The van der Waals surface area contributed by atoms with Gasteiger partial charge < -0.3 is 0 Å². The van der Waals surface area contributed by atoms with Crippen molar-refractivity contribution in [2.24, 2.45) is 10.4 Å². The zero-order valence-corrected chi connectivity index (χ0v) is 5.68. The van der Waals surface area contributed by atoms with Crippen LogP contribution in [0.4, 0.5) is 0 Å². The molecule has 1 atom stereocenters. The molecule has 0 amide bonds. The smallest absolute Gasteiger partial charge is 0.160 e. The van der Waals surface area contributed by atoms with Crippen molar-refractivity contribution in [1.29, 1.82) is 0 Å². The van der Waals surface area contributed by atoms with Crippen molar-refractivity contribution in [2.75, 3.05) is 7.05 Å². The first-order chi connectivity index (χ1) is 4.88. The number of rotatable bonds is 0. The standard InChI is InChI=1S/C6H8N4/c1-9-6-4-2-3-5-10(6)8-7-9/h2-6H,1H3. The second-order valence-electron chi connectivity index (χ2n) is 2.27. The Hall–Kier alpha value is -1.32. The van der Waals surface area contributed by atoms with E-state index in [9.17, 15) is 0 Å². The van der Waals surface area contributed by atoms with Gasteiger partial charge in [-0.25, -0.2) is 5.01 Å². The maximum Gasteiger partial charge on any atom is 0.160 e. The predicted molar refractivity (Wildman–Crippen MR) is 36.5 cm³/mol. The molecule has 2 aliphatic heterocycles. The largest absolute Gasteiger partial charge is 0.252 e. The molecule has 2 aliphatic rings. The van der Waals surface area contributed by atoms with Crippen molar-refractivity contribution in [3.05, 3.63) is 24.4 Å². The zero-order valence-electron chi connectivity index (χ0n) is 5.68. The minimum Gasteiger partial charge on any atom is -0.252 e. The van der Waals surface area contributed by atoms with Gasteiger partial charge in [0.25, 0.3) is 0 Å².